The molecule has 0 saturated heterocycles. The van der Waals surface area contributed by atoms with E-state index in [9.17, 15) is 14.7 Å². The van der Waals surface area contributed by atoms with Crippen molar-refractivity contribution >= 4 is 22.9 Å². The summed E-state index contributed by atoms with van der Waals surface area (Å²) in [7, 11) is 0. The predicted molar refractivity (Wildman–Crippen MR) is 93.4 cm³/mol. The van der Waals surface area contributed by atoms with Gasteiger partial charge in [0.2, 0.25) is 0 Å². The van der Waals surface area contributed by atoms with Crippen molar-refractivity contribution in [2.24, 2.45) is 5.92 Å². The summed E-state index contributed by atoms with van der Waals surface area (Å²) < 4.78 is 1.79. The van der Waals surface area contributed by atoms with E-state index in [0.717, 1.165) is 18.2 Å². The fourth-order valence-corrected chi connectivity index (χ4v) is 3.38. The molecule has 0 radical (unpaired) electrons. The number of rotatable bonds is 4. The van der Waals surface area contributed by atoms with Crippen molar-refractivity contribution in [3.8, 4) is 0 Å². The second-order valence-electron chi connectivity index (χ2n) is 7.34. The van der Waals surface area contributed by atoms with Crippen molar-refractivity contribution < 1.29 is 14.7 Å². The van der Waals surface area contributed by atoms with Crippen LogP contribution in [0.3, 0.4) is 0 Å². The number of carbonyl (C=O) groups is 2. The maximum absolute atomic E-state index is 12.6. The van der Waals surface area contributed by atoms with Gasteiger partial charge in [-0.2, -0.15) is 5.10 Å². The van der Waals surface area contributed by atoms with Crippen molar-refractivity contribution in [1.82, 2.24) is 20.1 Å². The molecule has 2 N–H and O–H groups in total. The Hall–Kier alpha value is -2.44. The number of hydrogen-bond acceptors (Lipinski definition) is 4. The van der Waals surface area contributed by atoms with Crippen LogP contribution in [0.15, 0.2) is 18.5 Å². The van der Waals surface area contributed by atoms with Crippen LogP contribution in [0.25, 0.3) is 11.0 Å². The van der Waals surface area contributed by atoms with Gasteiger partial charge in [0.05, 0.1) is 11.8 Å². The summed E-state index contributed by atoms with van der Waals surface area (Å²) in [5.74, 6) is -0.873. The first-order valence-corrected chi connectivity index (χ1v) is 8.71. The van der Waals surface area contributed by atoms with Crippen LogP contribution in [0.5, 0.6) is 0 Å². The highest BCUT2D eigenvalue weighted by Gasteiger charge is 2.42. The van der Waals surface area contributed by atoms with Gasteiger partial charge in [-0.1, -0.05) is 6.92 Å². The molecule has 134 valence electrons. The average Bonchev–Trinajstić information content (AvgIpc) is 3.00. The smallest absolute Gasteiger partial charge is 0.329 e. The van der Waals surface area contributed by atoms with E-state index in [2.05, 4.69) is 22.3 Å². The maximum atomic E-state index is 12.6. The van der Waals surface area contributed by atoms with Gasteiger partial charge >= 0.3 is 5.97 Å². The lowest BCUT2D eigenvalue weighted by Crippen LogP contribution is -2.56. The van der Waals surface area contributed by atoms with E-state index in [-0.39, 0.29) is 6.04 Å². The highest BCUT2D eigenvalue weighted by atomic mass is 16.4. The van der Waals surface area contributed by atoms with Crippen LogP contribution in [0.2, 0.25) is 0 Å². The summed E-state index contributed by atoms with van der Waals surface area (Å²) in [6.45, 7) is 6.13. The summed E-state index contributed by atoms with van der Waals surface area (Å²) in [4.78, 5) is 28.8. The fraction of sp³-hybridized carbons (Fsp3) is 0.556. The zero-order chi connectivity index (χ0) is 18.2. The second kappa shape index (κ2) is 6.46. The monoisotopic (exact) mass is 344 g/mol. The SMILES string of the molecule is CC1CCC(NC(=O)c2cnc3c(cnn3C(C)C)c2)(C(=O)O)CC1. The van der Waals surface area contributed by atoms with Gasteiger partial charge < -0.3 is 10.4 Å². The van der Waals surface area contributed by atoms with Gasteiger partial charge in [-0.15, -0.1) is 0 Å². The number of aromatic nitrogens is 3. The van der Waals surface area contributed by atoms with Crippen LogP contribution in [-0.4, -0.2) is 37.3 Å². The molecule has 0 bridgehead atoms. The Kier molecular flexibility index (Phi) is 4.49. The first-order valence-electron chi connectivity index (χ1n) is 8.71. The van der Waals surface area contributed by atoms with Gasteiger partial charge in [0.1, 0.15) is 5.54 Å². The number of nitrogens with one attached hydrogen (secondary N) is 1. The Morgan fingerprint density at radius 3 is 2.60 bits per heavy atom. The number of hydrogen-bond donors (Lipinski definition) is 2. The average molecular weight is 344 g/mol. The summed E-state index contributed by atoms with van der Waals surface area (Å²) >= 11 is 0. The molecule has 7 nitrogen and oxygen atoms in total. The normalized spacial score (nSPS) is 23.8. The van der Waals surface area contributed by atoms with E-state index in [0.29, 0.717) is 30.0 Å². The number of amides is 1. The molecule has 0 aromatic carbocycles. The summed E-state index contributed by atoms with van der Waals surface area (Å²) in [6.07, 6.45) is 5.66. The molecule has 1 amide bonds. The Morgan fingerprint density at radius 2 is 2.00 bits per heavy atom. The molecular weight excluding hydrogens is 320 g/mol. The molecule has 1 fully saturated rings. The third-order valence-electron chi connectivity index (χ3n) is 5.07. The number of pyridine rings is 1. The third kappa shape index (κ3) is 3.23. The molecule has 0 spiro atoms. The Balaban J connectivity index is 1.85. The number of carboxylic acid groups (broad SMARTS) is 1. The zero-order valence-corrected chi connectivity index (χ0v) is 14.8. The molecule has 7 heteroatoms. The van der Waals surface area contributed by atoms with E-state index in [1.165, 1.54) is 6.20 Å². The minimum absolute atomic E-state index is 0.171. The van der Waals surface area contributed by atoms with E-state index in [1.807, 2.05) is 13.8 Å². The number of carbonyl (C=O) groups excluding carboxylic acids is 1. The molecule has 2 heterocycles. The van der Waals surface area contributed by atoms with Crippen molar-refractivity contribution in [1.29, 1.82) is 0 Å². The fourth-order valence-electron chi connectivity index (χ4n) is 3.38. The molecule has 1 aliphatic rings. The van der Waals surface area contributed by atoms with Crippen LogP contribution in [0.1, 0.15) is 62.9 Å². The van der Waals surface area contributed by atoms with Gasteiger partial charge in [0.15, 0.2) is 5.65 Å². The van der Waals surface area contributed by atoms with Crippen LogP contribution in [0, 0.1) is 5.92 Å². The van der Waals surface area contributed by atoms with Gasteiger partial charge in [0.25, 0.3) is 5.91 Å². The summed E-state index contributed by atoms with van der Waals surface area (Å²) in [5, 5.41) is 17.5. The Morgan fingerprint density at radius 1 is 1.32 bits per heavy atom. The van der Waals surface area contributed by atoms with Crippen molar-refractivity contribution in [2.45, 2.75) is 58.0 Å². The molecule has 1 saturated carbocycles. The molecular formula is C18H24N4O3. The molecule has 2 aromatic rings. The quantitative estimate of drug-likeness (QED) is 0.889. The number of aliphatic carboxylic acids is 1. The molecule has 2 aromatic heterocycles. The lowest BCUT2D eigenvalue weighted by Gasteiger charge is -2.36. The lowest BCUT2D eigenvalue weighted by molar-refractivity contribution is -0.146. The standard InChI is InChI=1S/C18H24N4O3/c1-11(2)22-15-13(10-20-22)8-14(9-19-15)16(23)21-18(17(24)25)6-4-12(3)5-7-18/h8-12H,4-7H2,1-3H3,(H,21,23)(H,24,25). The minimum atomic E-state index is -1.18. The zero-order valence-electron chi connectivity index (χ0n) is 14.8. The molecule has 3 rings (SSSR count). The van der Waals surface area contributed by atoms with Crippen LogP contribution in [-0.2, 0) is 4.79 Å². The second-order valence-corrected chi connectivity index (χ2v) is 7.34. The third-order valence-corrected chi connectivity index (χ3v) is 5.07. The van der Waals surface area contributed by atoms with Crippen molar-refractivity contribution in [3.63, 3.8) is 0 Å². The van der Waals surface area contributed by atoms with E-state index >= 15 is 0 Å². The van der Waals surface area contributed by atoms with Gasteiger partial charge in [-0.3, -0.25) is 4.79 Å². The number of fused-ring (bicyclic) bond motifs is 1. The highest BCUT2D eigenvalue weighted by Crippen LogP contribution is 2.32. The Bertz CT molecular complexity index is 804. The van der Waals surface area contributed by atoms with E-state index in [1.54, 1.807) is 16.9 Å². The van der Waals surface area contributed by atoms with Crippen LogP contribution < -0.4 is 5.32 Å². The van der Waals surface area contributed by atoms with Crippen LogP contribution in [0.4, 0.5) is 0 Å². The van der Waals surface area contributed by atoms with Gasteiger partial charge in [-0.05, 0) is 51.5 Å². The van der Waals surface area contributed by atoms with Crippen molar-refractivity contribution in [3.05, 3.63) is 24.0 Å². The van der Waals surface area contributed by atoms with Gasteiger partial charge in [0, 0.05) is 17.6 Å². The number of carboxylic acids is 1. The van der Waals surface area contributed by atoms with Gasteiger partial charge in [-0.25, -0.2) is 14.5 Å². The molecule has 0 unspecified atom stereocenters. The predicted octanol–water partition coefficient (Wildman–Crippen LogP) is 2.78. The minimum Gasteiger partial charge on any atom is -0.480 e. The van der Waals surface area contributed by atoms with Crippen molar-refractivity contribution in [2.75, 3.05) is 0 Å². The van der Waals surface area contributed by atoms with E-state index < -0.39 is 17.4 Å². The summed E-state index contributed by atoms with van der Waals surface area (Å²) in [6, 6.07) is 1.88. The first kappa shape index (κ1) is 17.4. The van der Waals surface area contributed by atoms with Crippen LogP contribution >= 0.6 is 0 Å². The maximum Gasteiger partial charge on any atom is 0.329 e. The largest absolute Gasteiger partial charge is 0.480 e. The van der Waals surface area contributed by atoms with E-state index in [4.69, 9.17) is 0 Å². The lowest BCUT2D eigenvalue weighted by atomic mass is 9.77. The highest BCUT2D eigenvalue weighted by molar-refractivity contribution is 5.99. The Labute approximate surface area is 146 Å². The summed E-state index contributed by atoms with van der Waals surface area (Å²) in [5.41, 5.74) is -0.109. The molecule has 1 aliphatic carbocycles. The molecule has 0 atom stereocenters. The molecule has 0 aliphatic heterocycles. The topological polar surface area (TPSA) is 97.1 Å². The number of nitrogens with zero attached hydrogens (tertiary/aromatic N) is 3. The molecule has 25 heavy (non-hydrogen) atoms. The first-order chi connectivity index (χ1) is 11.8.